The SMILES string of the molecule is COCCCS(=O)c1ccc(C)cc1. The summed E-state index contributed by atoms with van der Waals surface area (Å²) in [6, 6.07) is 7.84. The molecule has 1 aromatic rings. The van der Waals surface area contributed by atoms with Crippen molar-refractivity contribution in [3.63, 3.8) is 0 Å². The van der Waals surface area contributed by atoms with Crippen molar-refractivity contribution in [1.82, 2.24) is 0 Å². The van der Waals surface area contributed by atoms with Gasteiger partial charge in [0.05, 0.1) is 10.8 Å². The highest BCUT2D eigenvalue weighted by atomic mass is 32.2. The second-order valence-electron chi connectivity index (χ2n) is 3.21. The van der Waals surface area contributed by atoms with E-state index in [4.69, 9.17) is 4.74 Å². The molecule has 1 unspecified atom stereocenters. The van der Waals surface area contributed by atoms with Crippen molar-refractivity contribution in [2.75, 3.05) is 19.5 Å². The normalized spacial score (nSPS) is 12.7. The van der Waals surface area contributed by atoms with Gasteiger partial charge in [0.15, 0.2) is 0 Å². The zero-order chi connectivity index (χ0) is 10.4. The molecule has 14 heavy (non-hydrogen) atoms. The standard InChI is InChI=1S/C11H16O2S/c1-10-4-6-11(7-5-10)14(12)9-3-8-13-2/h4-7H,3,8-9H2,1-2H3. The molecule has 0 aliphatic rings. The smallest absolute Gasteiger partial charge is 0.0530 e. The van der Waals surface area contributed by atoms with Gasteiger partial charge in [-0.25, -0.2) is 0 Å². The summed E-state index contributed by atoms with van der Waals surface area (Å²) in [5.41, 5.74) is 1.20. The van der Waals surface area contributed by atoms with Crippen LogP contribution >= 0.6 is 0 Å². The lowest BCUT2D eigenvalue weighted by molar-refractivity contribution is 0.200. The quantitative estimate of drug-likeness (QED) is 0.699. The minimum Gasteiger partial charge on any atom is -0.385 e. The molecule has 0 heterocycles. The van der Waals surface area contributed by atoms with Crippen LogP contribution in [0.15, 0.2) is 29.2 Å². The molecule has 0 aromatic heterocycles. The third kappa shape index (κ3) is 3.60. The van der Waals surface area contributed by atoms with Gasteiger partial charge in [-0.2, -0.15) is 0 Å². The van der Waals surface area contributed by atoms with Gasteiger partial charge >= 0.3 is 0 Å². The number of aryl methyl sites for hydroxylation is 1. The molecule has 0 saturated carbocycles. The summed E-state index contributed by atoms with van der Waals surface area (Å²) in [6.45, 7) is 2.70. The third-order valence-electron chi connectivity index (χ3n) is 1.96. The Morgan fingerprint density at radius 2 is 1.93 bits per heavy atom. The van der Waals surface area contributed by atoms with Gasteiger partial charge in [0.25, 0.3) is 0 Å². The number of ether oxygens (including phenoxy) is 1. The van der Waals surface area contributed by atoms with Gasteiger partial charge in [-0.3, -0.25) is 4.21 Å². The molecular formula is C11H16O2S. The Labute approximate surface area is 87.7 Å². The fourth-order valence-corrected chi connectivity index (χ4v) is 2.20. The molecule has 0 saturated heterocycles. The Balaban J connectivity index is 2.48. The van der Waals surface area contributed by atoms with E-state index in [1.54, 1.807) is 7.11 Å². The van der Waals surface area contributed by atoms with Crippen molar-refractivity contribution in [2.24, 2.45) is 0 Å². The van der Waals surface area contributed by atoms with Crippen molar-refractivity contribution in [3.8, 4) is 0 Å². The predicted molar refractivity (Wildman–Crippen MR) is 58.9 cm³/mol. The van der Waals surface area contributed by atoms with E-state index in [9.17, 15) is 4.21 Å². The molecule has 0 spiro atoms. The molecule has 3 heteroatoms. The number of hydrogen-bond donors (Lipinski definition) is 0. The molecule has 1 aromatic carbocycles. The molecule has 0 amide bonds. The van der Waals surface area contributed by atoms with Gasteiger partial charge in [-0.05, 0) is 25.5 Å². The van der Waals surface area contributed by atoms with E-state index in [1.807, 2.05) is 31.2 Å². The average molecular weight is 212 g/mol. The maximum Gasteiger partial charge on any atom is 0.0530 e. The highest BCUT2D eigenvalue weighted by Crippen LogP contribution is 2.08. The molecule has 78 valence electrons. The lowest BCUT2D eigenvalue weighted by atomic mass is 10.2. The van der Waals surface area contributed by atoms with Crippen LogP contribution in [0.3, 0.4) is 0 Å². The van der Waals surface area contributed by atoms with Crippen LogP contribution in [0.4, 0.5) is 0 Å². The first-order chi connectivity index (χ1) is 6.74. The number of methoxy groups -OCH3 is 1. The first-order valence-electron chi connectivity index (χ1n) is 4.68. The van der Waals surface area contributed by atoms with E-state index < -0.39 is 10.8 Å². The van der Waals surface area contributed by atoms with Crippen LogP contribution in [0, 0.1) is 6.92 Å². The second-order valence-corrected chi connectivity index (χ2v) is 4.78. The molecular weight excluding hydrogens is 196 g/mol. The molecule has 0 bridgehead atoms. The Kier molecular flexibility index (Phi) is 4.84. The van der Waals surface area contributed by atoms with Crippen LogP contribution in [0.2, 0.25) is 0 Å². The third-order valence-corrected chi connectivity index (χ3v) is 3.42. The van der Waals surface area contributed by atoms with Gasteiger partial charge in [-0.1, -0.05) is 17.7 Å². The van der Waals surface area contributed by atoms with E-state index in [2.05, 4.69) is 0 Å². The van der Waals surface area contributed by atoms with Crippen LogP contribution in [0.25, 0.3) is 0 Å². The summed E-state index contributed by atoms with van der Waals surface area (Å²) >= 11 is 0. The van der Waals surface area contributed by atoms with Gasteiger partial charge in [0.1, 0.15) is 0 Å². The average Bonchev–Trinajstić information content (AvgIpc) is 2.19. The number of hydrogen-bond acceptors (Lipinski definition) is 2. The summed E-state index contributed by atoms with van der Waals surface area (Å²) in [6.07, 6.45) is 0.844. The van der Waals surface area contributed by atoms with Crippen molar-refractivity contribution >= 4 is 10.8 Å². The second kappa shape index (κ2) is 5.94. The molecule has 0 N–H and O–H groups in total. The van der Waals surface area contributed by atoms with Crippen molar-refractivity contribution in [2.45, 2.75) is 18.2 Å². The summed E-state index contributed by atoms with van der Waals surface area (Å²) in [5.74, 6) is 0.677. The first kappa shape index (κ1) is 11.4. The minimum atomic E-state index is -0.873. The van der Waals surface area contributed by atoms with E-state index in [0.29, 0.717) is 12.4 Å². The largest absolute Gasteiger partial charge is 0.385 e. The highest BCUT2D eigenvalue weighted by molar-refractivity contribution is 7.85. The van der Waals surface area contributed by atoms with E-state index in [1.165, 1.54) is 5.56 Å². The zero-order valence-electron chi connectivity index (χ0n) is 8.66. The highest BCUT2D eigenvalue weighted by Gasteiger charge is 2.02. The van der Waals surface area contributed by atoms with Gasteiger partial charge < -0.3 is 4.74 Å². The van der Waals surface area contributed by atoms with Gasteiger partial charge in [0, 0.05) is 24.4 Å². The summed E-state index contributed by atoms with van der Waals surface area (Å²) in [7, 11) is 0.788. The Morgan fingerprint density at radius 3 is 2.50 bits per heavy atom. The maximum atomic E-state index is 11.7. The topological polar surface area (TPSA) is 26.3 Å². The maximum absolute atomic E-state index is 11.7. The zero-order valence-corrected chi connectivity index (χ0v) is 9.47. The minimum absolute atomic E-state index is 0.677. The molecule has 0 radical (unpaired) electrons. The molecule has 1 atom stereocenters. The van der Waals surface area contributed by atoms with Crippen LogP contribution in [-0.2, 0) is 15.5 Å². The molecule has 2 nitrogen and oxygen atoms in total. The van der Waals surface area contributed by atoms with Gasteiger partial charge in [0.2, 0.25) is 0 Å². The van der Waals surface area contributed by atoms with Crippen LogP contribution < -0.4 is 0 Å². The number of benzene rings is 1. The van der Waals surface area contributed by atoms with Crippen LogP contribution in [0.1, 0.15) is 12.0 Å². The lowest BCUT2D eigenvalue weighted by Gasteiger charge is -2.02. The van der Waals surface area contributed by atoms with E-state index in [0.717, 1.165) is 11.3 Å². The molecule has 1 rings (SSSR count). The van der Waals surface area contributed by atoms with Gasteiger partial charge in [-0.15, -0.1) is 0 Å². The van der Waals surface area contributed by atoms with Crippen LogP contribution in [-0.4, -0.2) is 23.7 Å². The van der Waals surface area contributed by atoms with E-state index >= 15 is 0 Å². The lowest BCUT2D eigenvalue weighted by Crippen LogP contribution is -2.01. The Hall–Kier alpha value is -0.670. The monoisotopic (exact) mass is 212 g/mol. The molecule has 0 aliphatic heterocycles. The predicted octanol–water partition coefficient (Wildman–Crippen LogP) is 2.14. The Morgan fingerprint density at radius 1 is 1.29 bits per heavy atom. The fourth-order valence-electron chi connectivity index (χ4n) is 1.14. The summed E-state index contributed by atoms with van der Waals surface area (Å²) < 4.78 is 16.6. The molecule has 0 aliphatic carbocycles. The molecule has 0 fully saturated rings. The summed E-state index contributed by atoms with van der Waals surface area (Å²) in [4.78, 5) is 0.909. The van der Waals surface area contributed by atoms with Crippen molar-refractivity contribution < 1.29 is 8.95 Å². The van der Waals surface area contributed by atoms with Crippen molar-refractivity contribution in [1.29, 1.82) is 0 Å². The Bertz CT molecular complexity index is 293. The fraction of sp³-hybridized carbons (Fsp3) is 0.455. The number of rotatable bonds is 5. The summed E-state index contributed by atoms with van der Waals surface area (Å²) in [5, 5.41) is 0. The van der Waals surface area contributed by atoms with E-state index in [-0.39, 0.29) is 0 Å². The van der Waals surface area contributed by atoms with Crippen molar-refractivity contribution in [3.05, 3.63) is 29.8 Å². The van der Waals surface area contributed by atoms with Crippen LogP contribution in [0.5, 0.6) is 0 Å². The first-order valence-corrected chi connectivity index (χ1v) is 6.00.